The van der Waals surface area contributed by atoms with E-state index in [2.05, 4.69) is 25.8 Å². The highest BCUT2D eigenvalue weighted by atomic mass is 79.9. The number of nitrogen functional groups attached to an aromatic ring is 1. The van der Waals surface area contributed by atoms with Crippen LogP contribution in [0.3, 0.4) is 0 Å². The molecule has 1 aromatic heterocycles. The van der Waals surface area contributed by atoms with E-state index in [0.717, 1.165) is 23.4 Å². The number of hydrogen-bond acceptors (Lipinski definition) is 4. The number of nitrogens with zero attached hydrogens (tertiary/aromatic N) is 3. The number of pyridine rings is 1. The first-order valence-electron chi connectivity index (χ1n) is 7.15. The van der Waals surface area contributed by atoms with Crippen LogP contribution in [0.4, 0.5) is 11.5 Å². The van der Waals surface area contributed by atoms with Gasteiger partial charge in [-0.3, -0.25) is 4.79 Å². The Kier molecular flexibility index (Phi) is 4.29. The summed E-state index contributed by atoms with van der Waals surface area (Å²) in [5.41, 5.74) is 7.00. The molecule has 1 amide bonds. The summed E-state index contributed by atoms with van der Waals surface area (Å²) in [6, 6.07) is 11.2. The average Bonchev–Trinajstić information content (AvgIpc) is 2.56. The topological polar surface area (TPSA) is 62.5 Å². The second kappa shape index (κ2) is 6.36. The highest BCUT2D eigenvalue weighted by Crippen LogP contribution is 2.19. The summed E-state index contributed by atoms with van der Waals surface area (Å²) in [6.07, 6.45) is 1.79. The summed E-state index contributed by atoms with van der Waals surface area (Å²) < 4.78 is 0.963. The zero-order valence-corrected chi connectivity index (χ0v) is 13.7. The van der Waals surface area contributed by atoms with Gasteiger partial charge in [-0.25, -0.2) is 4.98 Å². The molecule has 1 aliphatic rings. The molecule has 114 valence electrons. The van der Waals surface area contributed by atoms with Gasteiger partial charge in [-0.1, -0.05) is 12.1 Å². The molecule has 0 aliphatic carbocycles. The molecule has 0 atom stereocenters. The monoisotopic (exact) mass is 360 g/mol. The molecule has 3 rings (SSSR count). The molecule has 1 saturated heterocycles. The summed E-state index contributed by atoms with van der Waals surface area (Å²) in [6.45, 7) is 2.88. The van der Waals surface area contributed by atoms with E-state index in [1.807, 2.05) is 29.2 Å². The third kappa shape index (κ3) is 3.06. The van der Waals surface area contributed by atoms with Crippen LogP contribution < -0.4 is 10.6 Å². The molecule has 1 fully saturated rings. The van der Waals surface area contributed by atoms with Crippen LogP contribution in [0.15, 0.2) is 47.1 Å². The first kappa shape index (κ1) is 14.8. The van der Waals surface area contributed by atoms with E-state index in [9.17, 15) is 4.79 Å². The van der Waals surface area contributed by atoms with Gasteiger partial charge in [-0.2, -0.15) is 0 Å². The first-order valence-corrected chi connectivity index (χ1v) is 7.95. The number of carbonyl (C=O) groups is 1. The summed E-state index contributed by atoms with van der Waals surface area (Å²) in [4.78, 5) is 20.9. The minimum Gasteiger partial charge on any atom is -0.398 e. The Balaban J connectivity index is 1.65. The van der Waals surface area contributed by atoms with Crippen molar-refractivity contribution in [2.24, 2.45) is 0 Å². The molecule has 0 radical (unpaired) electrons. The van der Waals surface area contributed by atoms with Crippen molar-refractivity contribution in [3.8, 4) is 0 Å². The van der Waals surface area contributed by atoms with Crippen LogP contribution in [0.25, 0.3) is 0 Å². The standard InChI is InChI=1S/C16H17BrN4O/c17-12-5-6-15(19-11-12)20-7-9-21(10-8-20)16(22)13-3-1-2-4-14(13)18/h1-6,11H,7-10,18H2. The minimum absolute atomic E-state index is 0.00140. The molecular formula is C16H17BrN4O. The molecule has 2 heterocycles. The predicted molar refractivity (Wildman–Crippen MR) is 90.9 cm³/mol. The van der Waals surface area contributed by atoms with Crippen molar-refractivity contribution < 1.29 is 4.79 Å². The third-order valence-electron chi connectivity index (χ3n) is 3.79. The molecule has 2 aromatic rings. The van der Waals surface area contributed by atoms with Gasteiger partial charge in [0.1, 0.15) is 5.82 Å². The van der Waals surface area contributed by atoms with Gasteiger partial charge < -0.3 is 15.5 Å². The molecule has 0 spiro atoms. The average molecular weight is 361 g/mol. The fraction of sp³-hybridized carbons (Fsp3) is 0.250. The van der Waals surface area contributed by atoms with E-state index < -0.39 is 0 Å². The number of amides is 1. The lowest BCUT2D eigenvalue weighted by Crippen LogP contribution is -2.49. The van der Waals surface area contributed by atoms with Gasteiger partial charge in [0, 0.05) is 42.5 Å². The van der Waals surface area contributed by atoms with Gasteiger partial charge in [0.05, 0.1) is 5.56 Å². The van der Waals surface area contributed by atoms with E-state index in [1.165, 1.54) is 0 Å². The van der Waals surface area contributed by atoms with Crippen LogP contribution >= 0.6 is 15.9 Å². The molecule has 22 heavy (non-hydrogen) atoms. The fourth-order valence-electron chi connectivity index (χ4n) is 2.56. The summed E-state index contributed by atoms with van der Waals surface area (Å²) in [7, 11) is 0. The Morgan fingerprint density at radius 2 is 1.82 bits per heavy atom. The Morgan fingerprint density at radius 3 is 2.45 bits per heavy atom. The van der Waals surface area contributed by atoms with Crippen LogP contribution in [0, 0.1) is 0 Å². The Morgan fingerprint density at radius 1 is 1.09 bits per heavy atom. The highest BCUT2D eigenvalue weighted by Gasteiger charge is 2.23. The largest absolute Gasteiger partial charge is 0.398 e. The summed E-state index contributed by atoms with van der Waals surface area (Å²) in [5.74, 6) is 0.941. The minimum atomic E-state index is 0.00140. The van der Waals surface area contributed by atoms with Crippen LogP contribution in [-0.2, 0) is 0 Å². The molecule has 5 nitrogen and oxygen atoms in total. The van der Waals surface area contributed by atoms with E-state index >= 15 is 0 Å². The van der Waals surface area contributed by atoms with Gasteiger partial charge in [0.25, 0.3) is 5.91 Å². The zero-order valence-electron chi connectivity index (χ0n) is 12.1. The van der Waals surface area contributed by atoms with Crippen LogP contribution in [0.2, 0.25) is 0 Å². The number of anilines is 2. The van der Waals surface area contributed by atoms with Crippen LogP contribution in [0.1, 0.15) is 10.4 Å². The molecule has 0 unspecified atom stereocenters. The van der Waals surface area contributed by atoms with Crippen LogP contribution in [0.5, 0.6) is 0 Å². The van der Waals surface area contributed by atoms with Crippen molar-refractivity contribution in [2.75, 3.05) is 36.8 Å². The second-order valence-electron chi connectivity index (χ2n) is 5.20. The molecule has 0 saturated carbocycles. The van der Waals surface area contributed by atoms with Gasteiger partial charge in [0.15, 0.2) is 0 Å². The maximum Gasteiger partial charge on any atom is 0.256 e. The van der Waals surface area contributed by atoms with Gasteiger partial charge in [-0.15, -0.1) is 0 Å². The number of para-hydroxylation sites is 1. The Labute approximate surface area is 137 Å². The lowest BCUT2D eigenvalue weighted by atomic mass is 10.1. The molecule has 1 aromatic carbocycles. The SMILES string of the molecule is Nc1ccccc1C(=O)N1CCN(c2ccc(Br)cn2)CC1. The third-order valence-corrected chi connectivity index (χ3v) is 4.26. The number of hydrogen-bond donors (Lipinski definition) is 1. The Bertz CT molecular complexity index is 666. The smallest absolute Gasteiger partial charge is 0.256 e. The van der Waals surface area contributed by atoms with E-state index in [0.29, 0.717) is 24.3 Å². The summed E-state index contributed by atoms with van der Waals surface area (Å²) in [5, 5.41) is 0. The van der Waals surface area contributed by atoms with Gasteiger partial charge >= 0.3 is 0 Å². The van der Waals surface area contributed by atoms with Gasteiger partial charge in [-0.05, 0) is 40.2 Å². The molecule has 6 heteroatoms. The highest BCUT2D eigenvalue weighted by molar-refractivity contribution is 9.10. The lowest BCUT2D eigenvalue weighted by molar-refractivity contribution is 0.0747. The number of aromatic nitrogens is 1. The first-order chi connectivity index (χ1) is 10.6. The van der Waals surface area contributed by atoms with Crippen molar-refractivity contribution >= 4 is 33.3 Å². The van der Waals surface area contributed by atoms with Crippen molar-refractivity contribution in [3.05, 3.63) is 52.6 Å². The molecular weight excluding hydrogens is 344 g/mol. The number of piperazine rings is 1. The number of benzene rings is 1. The van der Waals surface area contributed by atoms with Crippen molar-refractivity contribution in [1.29, 1.82) is 0 Å². The van der Waals surface area contributed by atoms with Crippen LogP contribution in [-0.4, -0.2) is 42.0 Å². The predicted octanol–water partition coefficient (Wildman–Crippen LogP) is 2.39. The lowest BCUT2D eigenvalue weighted by Gasteiger charge is -2.35. The fourth-order valence-corrected chi connectivity index (χ4v) is 2.79. The number of nitrogens with two attached hydrogens (primary N) is 1. The maximum absolute atomic E-state index is 12.5. The number of carbonyl (C=O) groups excluding carboxylic acids is 1. The maximum atomic E-state index is 12.5. The normalized spacial score (nSPS) is 15.0. The molecule has 0 bridgehead atoms. The van der Waals surface area contributed by atoms with E-state index in [-0.39, 0.29) is 5.91 Å². The van der Waals surface area contributed by atoms with Gasteiger partial charge in [0.2, 0.25) is 0 Å². The quantitative estimate of drug-likeness (QED) is 0.835. The summed E-state index contributed by atoms with van der Waals surface area (Å²) >= 11 is 3.38. The molecule has 1 aliphatic heterocycles. The zero-order chi connectivity index (χ0) is 15.5. The number of rotatable bonds is 2. The second-order valence-corrected chi connectivity index (χ2v) is 6.12. The van der Waals surface area contributed by atoms with E-state index in [4.69, 9.17) is 5.73 Å². The van der Waals surface area contributed by atoms with Crippen molar-refractivity contribution in [1.82, 2.24) is 9.88 Å². The number of halogens is 1. The van der Waals surface area contributed by atoms with Crippen molar-refractivity contribution in [3.63, 3.8) is 0 Å². The molecule has 2 N–H and O–H groups in total. The van der Waals surface area contributed by atoms with E-state index in [1.54, 1.807) is 18.3 Å². The van der Waals surface area contributed by atoms with Crippen molar-refractivity contribution in [2.45, 2.75) is 0 Å². The Hall–Kier alpha value is -2.08.